The van der Waals surface area contributed by atoms with Crippen molar-refractivity contribution in [1.29, 1.82) is 0 Å². The van der Waals surface area contributed by atoms with Crippen LogP contribution in [0.5, 0.6) is 0 Å². The predicted molar refractivity (Wildman–Crippen MR) is 74.4 cm³/mol. The predicted octanol–water partition coefficient (Wildman–Crippen LogP) is 3.54. The number of benzene rings is 1. The maximum absolute atomic E-state index is 11.3. The van der Waals surface area contributed by atoms with Crippen LogP contribution in [-0.4, -0.2) is 16.1 Å². The second-order valence-electron chi connectivity index (χ2n) is 4.35. The van der Waals surface area contributed by atoms with Gasteiger partial charge in [-0.05, 0) is 42.2 Å². The molecule has 0 saturated heterocycles. The summed E-state index contributed by atoms with van der Waals surface area (Å²) >= 11 is 5.91. The summed E-state index contributed by atoms with van der Waals surface area (Å²) in [6, 6.07) is 11.0. The van der Waals surface area contributed by atoms with Crippen molar-refractivity contribution in [1.82, 2.24) is 4.98 Å². The Morgan fingerprint density at radius 2 is 2.16 bits per heavy atom. The largest absolute Gasteiger partial charge is 0.481 e. The molecule has 0 aliphatic carbocycles. The number of aromatic nitrogens is 1. The minimum absolute atomic E-state index is 0.529. The number of rotatable bonds is 5. The van der Waals surface area contributed by atoms with E-state index in [2.05, 4.69) is 4.98 Å². The number of carboxylic acid groups (broad SMARTS) is 1. The second kappa shape index (κ2) is 6.34. The molecule has 0 unspecified atom stereocenters. The number of carboxylic acids is 1. The lowest BCUT2D eigenvalue weighted by atomic mass is 9.93. The molecule has 1 aromatic heterocycles. The average molecular weight is 276 g/mol. The highest BCUT2D eigenvalue weighted by molar-refractivity contribution is 6.30. The Hall–Kier alpha value is -1.87. The Bertz CT molecular complexity index is 557. The Balaban J connectivity index is 2.08. The standard InChI is InChI=1S/C15H14ClNO2/c16-13-5-1-3-11(9-13)6-7-14(15(18)19)12-4-2-8-17-10-12/h1-5,8-10,14H,6-7H2,(H,18,19)/t14-/m0/s1. The average Bonchev–Trinajstić information content (AvgIpc) is 2.40. The molecule has 19 heavy (non-hydrogen) atoms. The highest BCUT2D eigenvalue weighted by Gasteiger charge is 2.19. The van der Waals surface area contributed by atoms with Gasteiger partial charge in [0.15, 0.2) is 0 Å². The van der Waals surface area contributed by atoms with Gasteiger partial charge in [-0.2, -0.15) is 0 Å². The third-order valence-electron chi connectivity index (χ3n) is 3.00. The zero-order chi connectivity index (χ0) is 13.7. The highest BCUT2D eigenvalue weighted by atomic mass is 35.5. The maximum Gasteiger partial charge on any atom is 0.311 e. The van der Waals surface area contributed by atoms with Gasteiger partial charge in [-0.15, -0.1) is 0 Å². The molecule has 4 heteroatoms. The van der Waals surface area contributed by atoms with Gasteiger partial charge in [-0.1, -0.05) is 29.8 Å². The number of pyridine rings is 1. The van der Waals surface area contributed by atoms with Gasteiger partial charge in [0.05, 0.1) is 5.92 Å². The molecule has 2 aromatic rings. The maximum atomic E-state index is 11.3. The Kier molecular flexibility index (Phi) is 4.53. The van der Waals surface area contributed by atoms with E-state index in [0.29, 0.717) is 17.9 Å². The monoisotopic (exact) mass is 275 g/mol. The SMILES string of the molecule is O=C(O)[C@@H](CCc1cccc(Cl)c1)c1cccnc1. The first-order chi connectivity index (χ1) is 9.16. The van der Waals surface area contributed by atoms with Crippen molar-refractivity contribution in [3.8, 4) is 0 Å². The highest BCUT2D eigenvalue weighted by Crippen LogP contribution is 2.22. The zero-order valence-electron chi connectivity index (χ0n) is 10.3. The minimum atomic E-state index is -0.824. The van der Waals surface area contributed by atoms with Crippen molar-refractivity contribution in [2.24, 2.45) is 0 Å². The number of hydrogen-bond donors (Lipinski definition) is 1. The van der Waals surface area contributed by atoms with E-state index >= 15 is 0 Å². The van der Waals surface area contributed by atoms with E-state index in [9.17, 15) is 9.90 Å². The number of aryl methyl sites for hydroxylation is 1. The Morgan fingerprint density at radius 3 is 2.79 bits per heavy atom. The van der Waals surface area contributed by atoms with E-state index in [1.54, 1.807) is 30.6 Å². The summed E-state index contributed by atoms with van der Waals surface area (Å²) in [6.45, 7) is 0. The lowest BCUT2D eigenvalue weighted by Gasteiger charge is -2.12. The van der Waals surface area contributed by atoms with Crippen molar-refractivity contribution in [3.05, 3.63) is 64.9 Å². The zero-order valence-corrected chi connectivity index (χ0v) is 11.0. The van der Waals surface area contributed by atoms with Crippen molar-refractivity contribution < 1.29 is 9.90 Å². The van der Waals surface area contributed by atoms with Gasteiger partial charge in [-0.3, -0.25) is 9.78 Å². The van der Waals surface area contributed by atoms with E-state index in [0.717, 1.165) is 11.1 Å². The molecule has 1 N–H and O–H groups in total. The smallest absolute Gasteiger partial charge is 0.311 e. The topological polar surface area (TPSA) is 50.2 Å². The fourth-order valence-corrected chi connectivity index (χ4v) is 2.23. The molecule has 0 spiro atoms. The van der Waals surface area contributed by atoms with Crippen molar-refractivity contribution >= 4 is 17.6 Å². The summed E-state index contributed by atoms with van der Waals surface area (Å²) in [6.07, 6.45) is 4.45. The molecule has 0 amide bonds. The van der Waals surface area contributed by atoms with E-state index in [-0.39, 0.29) is 0 Å². The van der Waals surface area contributed by atoms with Crippen molar-refractivity contribution in [2.75, 3.05) is 0 Å². The fraction of sp³-hybridized carbons (Fsp3) is 0.200. The van der Waals surface area contributed by atoms with E-state index in [4.69, 9.17) is 11.6 Å². The molecule has 3 nitrogen and oxygen atoms in total. The molecule has 98 valence electrons. The second-order valence-corrected chi connectivity index (χ2v) is 4.78. The minimum Gasteiger partial charge on any atom is -0.481 e. The molecule has 1 atom stereocenters. The first-order valence-electron chi connectivity index (χ1n) is 6.04. The van der Waals surface area contributed by atoms with Gasteiger partial charge >= 0.3 is 5.97 Å². The summed E-state index contributed by atoms with van der Waals surface area (Å²) in [5, 5.41) is 9.98. The fourth-order valence-electron chi connectivity index (χ4n) is 2.02. The van der Waals surface area contributed by atoms with Gasteiger partial charge < -0.3 is 5.11 Å². The van der Waals surface area contributed by atoms with E-state index in [1.807, 2.05) is 18.2 Å². The van der Waals surface area contributed by atoms with Crippen LogP contribution in [0.4, 0.5) is 0 Å². The number of hydrogen-bond acceptors (Lipinski definition) is 2. The first kappa shape index (κ1) is 13.6. The van der Waals surface area contributed by atoms with Crippen LogP contribution in [0, 0.1) is 0 Å². The quantitative estimate of drug-likeness (QED) is 0.908. The molecule has 0 aliphatic heterocycles. The van der Waals surface area contributed by atoms with Crippen LogP contribution in [-0.2, 0) is 11.2 Å². The number of aliphatic carboxylic acids is 1. The molecule has 1 heterocycles. The summed E-state index contributed by atoms with van der Waals surface area (Å²) in [5.41, 5.74) is 1.78. The van der Waals surface area contributed by atoms with Gasteiger partial charge in [-0.25, -0.2) is 0 Å². The van der Waals surface area contributed by atoms with Crippen LogP contribution in [0.2, 0.25) is 5.02 Å². The van der Waals surface area contributed by atoms with Crippen LogP contribution in [0.3, 0.4) is 0 Å². The number of nitrogens with zero attached hydrogens (tertiary/aromatic N) is 1. The van der Waals surface area contributed by atoms with Crippen molar-refractivity contribution in [3.63, 3.8) is 0 Å². The van der Waals surface area contributed by atoms with E-state index in [1.165, 1.54) is 0 Å². The number of carbonyl (C=O) groups is 1. The van der Waals surface area contributed by atoms with Crippen molar-refractivity contribution in [2.45, 2.75) is 18.8 Å². The normalized spacial score (nSPS) is 12.1. The summed E-state index contributed by atoms with van der Waals surface area (Å²) < 4.78 is 0. The molecule has 0 aliphatic rings. The van der Waals surface area contributed by atoms with Crippen LogP contribution >= 0.6 is 11.6 Å². The lowest BCUT2D eigenvalue weighted by Crippen LogP contribution is -2.12. The third kappa shape index (κ3) is 3.80. The van der Waals surface area contributed by atoms with Gasteiger partial charge in [0, 0.05) is 17.4 Å². The van der Waals surface area contributed by atoms with Gasteiger partial charge in [0.1, 0.15) is 0 Å². The van der Waals surface area contributed by atoms with Crippen LogP contribution in [0.25, 0.3) is 0 Å². The van der Waals surface area contributed by atoms with Gasteiger partial charge in [0.25, 0.3) is 0 Å². The summed E-state index contributed by atoms with van der Waals surface area (Å²) in [5.74, 6) is -1.36. The van der Waals surface area contributed by atoms with Gasteiger partial charge in [0.2, 0.25) is 0 Å². The first-order valence-corrected chi connectivity index (χ1v) is 6.42. The van der Waals surface area contributed by atoms with Crippen LogP contribution < -0.4 is 0 Å². The molecule has 0 saturated carbocycles. The van der Waals surface area contributed by atoms with E-state index < -0.39 is 11.9 Å². The summed E-state index contributed by atoms with van der Waals surface area (Å²) in [7, 11) is 0. The third-order valence-corrected chi connectivity index (χ3v) is 3.23. The lowest BCUT2D eigenvalue weighted by molar-refractivity contribution is -0.138. The molecule has 1 aromatic carbocycles. The molecular weight excluding hydrogens is 262 g/mol. The molecule has 0 radical (unpaired) electrons. The molecular formula is C15H14ClNO2. The summed E-state index contributed by atoms with van der Waals surface area (Å²) in [4.78, 5) is 15.3. The van der Waals surface area contributed by atoms with Crippen LogP contribution in [0.15, 0.2) is 48.8 Å². The molecule has 0 fully saturated rings. The van der Waals surface area contributed by atoms with Crippen LogP contribution in [0.1, 0.15) is 23.5 Å². The molecule has 2 rings (SSSR count). The number of halogens is 1. The Labute approximate surface area is 116 Å². The molecule has 0 bridgehead atoms. The Morgan fingerprint density at radius 1 is 1.32 bits per heavy atom.